The van der Waals surface area contributed by atoms with Crippen LogP contribution in [-0.4, -0.2) is 18.1 Å². The normalized spacial score (nSPS) is 9.96. The number of aromatic amines is 1. The van der Waals surface area contributed by atoms with Crippen LogP contribution < -0.4 is 11.3 Å². The molecule has 3 aromatic rings. The Morgan fingerprint density at radius 1 is 1.00 bits per heavy atom. The van der Waals surface area contributed by atoms with Crippen LogP contribution in [0.3, 0.4) is 0 Å². The quantitative estimate of drug-likeness (QED) is 0.681. The fourth-order valence-electron chi connectivity index (χ4n) is 2.97. The van der Waals surface area contributed by atoms with Gasteiger partial charge in [0.1, 0.15) is 29.1 Å². The fraction of sp³-hybridized carbons (Fsp3) is 0.0476. The number of H-pyrrole nitrogens is 1. The van der Waals surface area contributed by atoms with Crippen molar-refractivity contribution in [2.75, 3.05) is 12.8 Å². The van der Waals surface area contributed by atoms with Crippen LogP contribution in [-0.2, 0) is 4.74 Å². The summed E-state index contributed by atoms with van der Waals surface area (Å²) >= 11 is 0. The molecule has 7 nitrogen and oxygen atoms in total. The molecular formula is C21H14N4O3. The molecule has 1 heterocycles. The van der Waals surface area contributed by atoms with Gasteiger partial charge in [0, 0.05) is 5.56 Å². The van der Waals surface area contributed by atoms with Crippen LogP contribution in [0.15, 0.2) is 53.3 Å². The first-order valence-electron chi connectivity index (χ1n) is 8.16. The highest BCUT2D eigenvalue weighted by atomic mass is 16.5. The van der Waals surface area contributed by atoms with E-state index >= 15 is 0 Å². The number of carbonyl (C=O) groups is 1. The van der Waals surface area contributed by atoms with E-state index in [0.29, 0.717) is 16.7 Å². The highest BCUT2D eigenvalue weighted by Crippen LogP contribution is 2.36. The Hall–Kier alpha value is -4.36. The molecule has 136 valence electrons. The van der Waals surface area contributed by atoms with Gasteiger partial charge in [-0.15, -0.1) is 0 Å². The second-order valence-corrected chi connectivity index (χ2v) is 5.83. The van der Waals surface area contributed by atoms with Crippen molar-refractivity contribution < 1.29 is 9.53 Å². The summed E-state index contributed by atoms with van der Waals surface area (Å²) in [6.07, 6.45) is 0. The summed E-state index contributed by atoms with van der Waals surface area (Å²) in [5.41, 5.74) is 7.47. The van der Waals surface area contributed by atoms with E-state index in [0.717, 1.165) is 5.56 Å². The van der Waals surface area contributed by atoms with Gasteiger partial charge in [0.2, 0.25) is 0 Å². The molecule has 0 saturated carbocycles. The summed E-state index contributed by atoms with van der Waals surface area (Å²) in [6.45, 7) is 0. The lowest BCUT2D eigenvalue weighted by Crippen LogP contribution is -2.16. The van der Waals surface area contributed by atoms with Crippen molar-refractivity contribution in [1.82, 2.24) is 4.98 Å². The van der Waals surface area contributed by atoms with Gasteiger partial charge in [-0.05, 0) is 28.8 Å². The van der Waals surface area contributed by atoms with Crippen LogP contribution in [0.4, 0.5) is 5.82 Å². The van der Waals surface area contributed by atoms with Gasteiger partial charge in [0.15, 0.2) is 0 Å². The maximum Gasteiger partial charge on any atom is 0.337 e. The van der Waals surface area contributed by atoms with E-state index in [2.05, 4.69) is 4.98 Å². The van der Waals surface area contributed by atoms with Crippen molar-refractivity contribution in [1.29, 1.82) is 10.5 Å². The van der Waals surface area contributed by atoms with Gasteiger partial charge < -0.3 is 15.5 Å². The topological polar surface area (TPSA) is 133 Å². The number of nitrogens with zero attached hydrogens (tertiary/aromatic N) is 2. The third-order valence-electron chi connectivity index (χ3n) is 4.28. The van der Waals surface area contributed by atoms with Gasteiger partial charge in [-0.1, -0.05) is 36.4 Å². The summed E-state index contributed by atoms with van der Waals surface area (Å²) in [4.78, 5) is 26.2. The SMILES string of the molecule is COC(=O)c1ccc(-c2ccccc2-c2c(C#N)c(N)[nH]c(=O)c2C#N)cc1. The van der Waals surface area contributed by atoms with Crippen molar-refractivity contribution in [3.05, 3.63) is 75.6 Å². The molecule has 0 unspecified atom stereocenters. The van der Waals surface area contributed by atoms with Gasteiger partial charge >= 0.3 is 5.97 Å². The first kappa shape index (κ1) is 18.4. The Kier molecular flexibility index (Phi) is 4.93. The molecule has 3 rings (SSSR count). The number of carbonyl (C=O) groups excluding carboxylic acids is 1. The van der Waals surface area contributed by atoms with E-state index in [-0.39, 0.29) is 22.5 Å². The molecule has 0 atom stereocenters. The zero-order chi connectivity index (χ0) is 20.3. The lowest BCUT2D eigenvalue weighted by Gasteiger charge is -2.14. The fourth-order valence-corrected chi connectivity index (χ4v) is 2.97. The predicted octanol–water partition coefficient (Wildman–Crippen LogP) is 2.82. The average molecular weight is 370 g/mol. The van der Waals surface area contributed by atoms with Gasteiger partial charge in [-0.3, -0.25) is 4.79 Å². The monoisotopic (exact) mass is 370 g/mol. The van der Waals surface area contributed by atoms with Crippen LogP contribution in [0.25, 0.3) is 22.3 Å². The zero-order valence-electron chi connectivity index (χ0n) is 14.8. The van der Waals surface area contributed by atoms with Crippen molar-refractivity contribution >= 4 is 11.8 Å². The third kappa shape index (κ3) is 3.09. The highest BCUT2D eigenvalue weighted by Gasteiger charge is 2.20. The molecule has 0 aliphatic carbocycles. The highest BCUT2D eigenvalue weighted by molar-refractivity contribution is 5.92. The number of nitriles is 2. The molecule has 2 aromatic carbocycles. The molecule has 0 amide bonds. The Balaban J connectivity index is 2.29. The van der Waals surface area contributed by atoms with Crippen LogP contribution >= 0.6 is 0 Å². The van der Waals surface area contributed by atoms with E-state index in [9.17, 15) is 20.1 Å². The number of methoxy groups -OCH3 is 1. The van der Waals surface area contributed by atoms with Gasteiger partial charge in [-0.25, -0.2) is 4.79 Å². The number of hydrogen-bond acceptors (Lipinski definition) is 6. The number of nitrogens with one attached hydrogen (secondary N) is 1. The summed E-state index contributed by atoms with van der Waals surface area (Å²) < 4.78 is 4.70. The second kappa shape index (κ2) is 7.48. The predicted molar refractivity (Wildman–Crippen MR) is 103 cm³/mol. The number of hydrogen-bond donors (Lipinski definition) is 2. The number of nitrogens with two attached hydrogens (primary N) is 1. The molecule has 3 N–H and O–H groups in total. The molecule has 0 spiro atoms. The van der Waals surface area contributed by atoms with Crippen LogP contribution in [0.1, 0.15) is 21.5 Å². The Morgan fingerprint density at radius 2 is 1.61 bits per heavy atom. The Morgan fingerprint density at radius 3 is 2.18 bits per heavy atom. The molecule has 7 heteroatoms. The van der Waals surface area contributed by atoms with Crippen LogP contribution in [0, 0.1) is 22.7 Å². The Bertz CT molecular complexity index is 1210. The third-order valence-corrected chi connectivity index (χ3v) is 4.28. The minimum absolute atomic E-state index is 0.0229. The minimum Gasteiger partial charge on any atom is -0.465 e. The molecule has 0 aliphatic heterocycles. The second-order valence-electron chi connectivity index (χ2n) is 5.83. The molecule has 1 aromatic heterocycles. The van der Waals surface area contributed by atoms with Crippen molar-refractivity contribution in [2.24, 2.45) is 0 Å². The van der Waals surface area contributed by atoms with Crippen molar-refractivity contribution in [3.8, 4) is 34.4 Å². The smallest absolute Gasteiger partial charge is 0.337 e. The molecule has 0 saturated heterocycles. The van der Waals surface area contributed by atoms with E-state index in [1.165, 1.54) is 7.11 Å². The lowest BCUT2D eigenvalue weighted by atomic mass is 9.89. The molecule has 0 radical (unpaired) electrons. The van der Waals surface area contributed by atoms with E-state index in [1.54, 1.807) is 48.5 Å². The summed E-state index contributed by atoms with van der Waals surface area (Å²) in [7, 11) is 1.30. The number of benzene rings is 2. The maximum absolute atomic E-state index is 12.2. The standard InChI is InChI=1S/C21H14N4O3/c1-28-21(27)13-8-6-12(7-9-13)14-4-2-3-5-15(14)18-16(10-22)19(24)25-20(26)17(18)11-23/h2-9H,1H3,(H3,24,25,26). The first-order valence-corrected chi connectivity index (χ1v) is 8.16. The molecular weight excluding hydrogens is 356 g/mol. The van der Waals surface area contributed by atoms with Crippen LogP contribution in [0.5, 0.6) is 0 Å². The Labute approximate surface area is 160 Å². The number of anilines is 1. The van der Waals surface area contributed by atoms with E-state index in [1.807, 2.05) is 12.1 Å². The summed E-state index contributed by atoms with van der Waals surface area (Å²) in [5, 5.41) is 19.0. The van der Waals surface area contributed by atoms with Gasteiger partial charge in [0.25, 0.3) is 5.56 Å². The molecule has 28 heavy (non-hydrogen) atoms. The number of nitrogen functional groups attached to an aromatic ring is 1. The van der Waals surface area contributed by atoms with Crippen molar-refractivity contribution in [2.45, 2.75) is 0 Å². The molecule has 0 fully saturated rings. The van der Waals surface area contributed by atoms with Crippen molar-refractivity contribution in [3.63, 3.8) is 0 Å². The molecule has 0 aliphatic rings. The minimum atomic E-state index is -0.662. The first-order chi connectivity index (χ1) is 13.5. The average Bonchev–Trinajstić information content (AvgIpc) is 2.73. The zero-order valence-corrected chi connectivity index (χ0v) is 14.8. The number of ether oxygens (including phenoxy) is 1. The lowest BCUT2D eigenvalue weighted by molar-refractivity contribution is 0.0601. The summed E-state index contributed by atoms with van der Waals surface area (Å²) in [6, 6.07) is 17.5. The van der Waals surface area contributed by atoms with E-state index < -0.39 is 11.5 Å². The van der Waals surface area contributed by atoms with Crippen LogP contribution in [0.2, 0.25) is 0 Å². The van der Waals surface area contributed by atoms with Gasteiger partial charge in [0.05, 0.1) is 12.7 Å². The number of esters is 1. The van der Waals surface area contributed by atoms with Gasteiger partial charge in [-0.2, -0.15) is 10.5 Å². The molecule has 0 bridgehead atoms. The number of aromatic nitrogens is 1. The van der Waals surface area contributed by atoms with E-state index in [4.69, 9.17) is 10.5 Å². The summed E-state index contributed by atoms with van der Waals surface area (Å²) in [5.74, 6) is -0.557. The number of rotatable bonds is 3. The maximum atomic E-state index is 12.2. The largest absolute Gasteiger partial charge is 0.465 e. The number of pyridine rings is 1.